The molecule has 0 saturated carbocycles. The fourth-order valence-corrected chi connectivity index (χ4v) is 4.10. The van der Waals surface area contributed by atoms with Crippen molar-refractivity contribution in [1.29, 1.82) is 10.7 Å². The number of anilines is 2. The lowest BCUT2D eigenvalue weighted by Gasteiger charge is -2.34. The fourth-order valence-electron chi connectivity index (χ4n) is 4.10. The van der Waals surface area contributed by atoms with Gasteiger partial charge in [-0.25, -0.2) is 14.2 Å². The second kappa shape index (κ2) is 10.6. The smallest absolute Gasteiger partial charge is 0.357 e. The largest absolute Gasteiger partial charge is 0.461 e. The fraction of sp³-hybridized carbons (Fsp3) is 0.520. The average Bonchev–Trinajstić information content (AvgIpc) is 2.80. The van der Waals surface area contributed by atoms with Gasteiger partial charge < -0.3 is 20.4 Å². The van der Waals surface area contributed by atoms with E-state index in [1.807, 2.05) is 20.8 Å². The van der Waals surface area contributed by atoms with Gasteiger partial charge in [0.25, 0.3) is 0 Å². The number of hydrogen-bond donors (Lipinski definition) is 2. The Morgan fingerprint density at radius 3 is 2.67 bits per heavy atom. The van der Waals surface area contributed by atoms with Crippen molar-refractivity contribution in [3.63, 3.8) is 0 Å². The minimum atomic E-state index is -0.534. The Kier molecular flexibility index (Phi) is 7.85. The van der Waals surface area contributed by atoms with E-state index in [0.717, 1.165) is 24.2 Å². The Labute approximate surface area is 194 Å². The molecule has 1 aliphatic carbocycles. The van der Waals surface area contributed by atoms with Crippen LogP contribution in [0.4, 0.5) is 15.9 Å². The van der Waals surface area contributed by atoms with Gasteiger partial charge in [-0.3, -0.25) is 0 Å². The number of halogens is 1. The van der Waals surface area contributed by atoms with Crippen molar-refractivity contribution in [1.82, 2.24) is 4.98 Å². The van der Waals surface area contributed by atoms with Crippen molar-refractivity contribution >= 4 is 23.2 Å². The standard InChI is InChI=1S/C25H32FN5O2/c1-5-33-25(32)20-13-21(31-10-8-17(14-27)9-11-31)22(23(28)15(2)3)24(30-20)29-19-7-6-18(26)12-16(19)4/h6-7,13,15-17,28H,5,8-12H2,1-4H3,(H,29,30). The molecule has 0 radical (unpaired) electrons. The Bertz CT molecular complexity index is 1020. The Hall–Kier alpha value is -3.21. The lowest BCUT2D eigenvalue weighted by Crippen LogP contribution is -2.35. The van der Waals surface area contributed by atoms with Gasteiger partial charge in [-0.2, -0.15) is 5.26 Å². The third-order valence-corrected chi connectivity index (χ3v) is 6.09. The van der Waals surface area contributed by atoms with Gasteiger partial charge in [-0.1, -0.05) is 20.8 Å². The molecule has 1 unspecified atom stereocenters. The molecule has 33 heavy (non-hydrogen) atoms. The first-order valence-corrected chi connectivity index (χ1v) is 11.5. The summed E-state index contributed by atoms with van der Waals surface area (Å²) in [5.74, 6) is -0.491. The number of allylic oxidation sites excluding steroid dienone is 4. The molecule has 1 atom stereocenters. The highest BCUT2D eigenvalue weighted by molar-refractivity contribution is 6.09. The highest BCUT2D eigenvalue weighted by atomic mass is 19.1. The van der Waals surface area contributed by atoms with Crippen LogP contribution >= 0.6 is 0 Å². The van der Waals surface area contributed by atoms with Crippen molar-refractivity contribution in [2.24, 2.45) is 17.8 Å². The third kappa shape index (κ3) is 5.59. The maximum absolute atomic E-state index is 13.7. The topological polar surface area (TPSA) is 102 Å². The Balaban J connectivity index is 2.14. The van der Waals surface area contributed by atoms with E-state index < -0.39 is 5.97 Å². The number of carbonyl (C=O) groups excluding carboxylic acids is 1. The zero-order chi connectivity index (χ0) is 24.1. The van der Waals surface area contributed by atoms with E-state index in [4.69, 9.17) is 10.1 Å². The van der Waals surface area contributed by atoms with Crippen molar-refractivity contribution in [3.8, 4) is 6.07 Å². The SMILES string of the molecule is CCOC(=O)c1cc(N2CCC(C#N)CC2)c(C(=N)C(C)C)c(NC2=CC=C(F)CC2C)n1. The van der Waals surface area contributed by atoms with E-state index in [1.54, 1.807) is 19.1 Å². The summed E-state index contributed by atoms with van der Waals surface area (Å²) in [7, 11) is 0. The van der Waals surface area contributed by atoms with Crippen LogP contribution in [-0.2, 0) is 4.74 Å². The molecule has 0 spiro atoms. The van der Waals surface area contributed by atoms with E-state index in [9.17, 15) is 14.4 Å². The summed E-state index contributed by atoms with van der Waals surface area (Å²) in [4.78, 5) is 19.3. The molecule has 1 aromatic heterocycles. The van der Waals surface area contributed by atoms with Gasteiger partial charge in [0, 0.05) is 42.8 Å². The molecular formula is C25H32FN5O2. The molecular weight excluding hydrogens is 421 g/mol. The number of carbonyl (C=O) groups is 1. The zero-order valence-corrected chi connectivity index (χ0v) is 19.7. The number of pyridine rings is 1. The van der Waals surface area contributed by atoms with Crippen molar-refractivity contribution in [2.45, 2.75) is 47.0 Å². The Morgan fingerprint density at radius 2 is 2.09 bits per heavy atom. The van der Waals surface area contributed by atoms with E-state index >= 15 is 0 Å². The van der Waals surface area contributed by atoms with Gasteiger partial charge in [0.2, 0.25) is 0 Å². The highest BCUT2D eigenvalue weighted by Gasteiger charge is 2.28. The molecule has 3 rings (SSSR count). The molecule has 8 heteroatoms. The maximum Gasteiger partial charge on any atom is 0.357 e. The van der Waals surface area contributed by atoms with Crippen molar-refractivity contribution < 1.29 is 13.9 Å². The maximum atomic E-state index is 13.7. The summed E-state index contributed by atoms with van der Waals surface area (Å²) < 4.78 is 18.9. The zero-order valence-electron chi connectivity index (χ0n) is 19.7. The molecule has 2 aliphatic rings. The summed E-state index contributed by atoms with van der Waals surface area (Å²) in [6.45, 7) is 9.06. The van der Waals surface area contributed by atoms with Crippen LogP contribution in [0, 0.1) is 34.5 Å². The van der Waals surface area contributed by atoms with Crippen LogP contribution in [0.15, 0.2) is 29.7 Å². The summed E-state index contributed by atoms with van der Waals surface area (Å²) >= 11 is 0. The number of piperidine rings is 1. The van der Waals surface area contributed by atoms with Crippen LogP contribution in [0.25, 0.3) is 0 Å². The van der Waals surface area contributed by atoms with Gasteiger partial charge in [-0.05, 0) is 43.9 Å². The van der Waals surface area contributed by atoms with Crippen LogP contribution in [0.3, 0.4) is 0 Å². The monoisotopic (exact) mass is 453 g/mol. The lowest BCUT2D eigenvalue weighted by atomic mass is 9.93. The number of esters is 1. The first kappa shape index (κ1) is 24.4. The van der Waals surface area contributed by atoms with Crippen molar-refractivity contribution in [3.05, 3.63) is 41.0 Å². The first-order chi connectivity index (χ1) is 15.7. The second-order valence-corrected chi connectivity index (χ2v) is 8.90. The first-order valence-electron chi connectivity index (χ1n) is 11.5. The average molecular weight is 454 g/mol. The van der Waals surface area contributed by atoms with Crippen molar-refractivity contribution in [2.75, 3.05) is 29.9 Å². The molecule has 7 nitrogen and oxygen atoms in total. The van der Waals surface area contributed by atoms with E-state index in [1.165, 1.54) is 6.08 Å². The molecule has 176 valence electrons. The number of ether oxygens (including phenoxy) is 1. The van der Waals surface area contributed by atoms with Gasteiger partial charge in [0.15, 0.2) is 5.69 Å². The number of aromatic nitrogens is 1. The minimum absolute atomic E-state index is 0.00753. The van der Waals surface area contributed by atoms with Crippen LogP contribution in [-0.4, -0.2) is 36.4 Å². The normalized spacial score (nSPS) is 18.9. The van der Waals surface area contributed by atoms with Gasteiger partial charge >= 0.3 is 5.97 Å². The second-order valence-electron chi connectivity index (χ2n) is 8.90. The van der Waals surface area contributed by atoms with Gasteiger partial charge in [-0.15, -0.1) is 0 Å². The Morgan fingerprint density at radius 1 is 1.39 bits per heavy atom. The van der Waals surface area contributed by atoms with Gasteiger partial charge in [0.05, 0.1) is 23.9 Å². The van der Waals surface area contributed by atoms with Crippen LogP contribution in [0.5, 0.6) is 0 Å². The number of nitrogens with zero attached hydrogens (tertiary/aromatic N) is 3. The summed E-state index contributed by atoms with van der Waals surface area (Å²) in [5.41, 5.74) is 2.68. The summed E-state index contributed by atoms with van der Waals surface area (Å²) in [6, 6.07) is 4.04. The van der Waals surface area contributed by atoms with E-state index in [2.05, 4.69) is 21.3 Å². The summed E-state index contributed by atoms with van der Waals surface area (Å²) in [5, 5.41) is 21.4. The van der Waals surface area contributed by atoms with Crippen LogP contribution < -0.4 is 10.2 Å². The van der Waals surface area contributed by atoms with Crippen LogP contribution in [0.1, 0.15) is 63.0 Å². The molecule has 0 aromatic carbocycles. The molecule has 0 amide bonds. The molecule has 0 bridgehead atoms. The number of hydrogen-bond acceptors (Lipinski definition) is 7. The molecule has 2 heterocycles. The predicted molar refractivity (Wildman–Crippen MR) is 127 cm³/mol. The molecule has 1 fully saturated rings. The lowest BCUT2D eigenvalue weighted by molar-refractivity contribution is 0.0519. The minimum Gasteiger partial charge on any atom is -0.461 e. The third-order valence-electron chi connectivity index (χ3n) is 6.09. The molecule has 1 aromatic rings. The predicted octanol–water partition coefficient (Wildman–Crippen LogP) is 5.21. The number of rotatable bonds is 7. The highest BCUT2D eigenvalue weighted by Crippen LogP contribution is 2.35. The molecule has 1 saturated heterocycles. The van der Waals surface area contributed by atoms with Gasteiger partial charge in [0.1, 0.15) is 11.6 Å². The number of nitriles is 1. The van der Waals surface area contributed by atoms with E-state index in [-0.39, 0.29) is 42.3 Å². The summed E-state index contributed by atoms with van der Waals surface area (Å²) in [6.07, 6.45) is 4.83. The quantitative estimate of drug-likeness (QED) is 0.434. The van der Waals surface area contributed by atoms with Crippen LogP contribution in [0.2, 0.25) is 0 Å². The number of nitrogens with one attached hydrogen (secondary N) is 2. The van der Waals surface area contributed by atoms with E-state index in [0.29, 0.717) is 30.2 Å². The molecule has 1 aliphatic heterocycles. The molecule has 2 N–H and O–H groups in total.